The molecule has 0 rings (SSSR count). The third-order valence-corrected chi connectivity index (χ3v) is 7.45. The second kappa shape index (κ2) is 24.3. The molecule has 0 amide bonds. The molecule has 0 fully saturated rings. The lowest BCUT2D eigenvalue weighted by molar-refractivity contribution is -0.870. The lowest BCUT2D eigenvalue weighted by atomic mass is 10.0. The van der Waals surface area contributed by atoms with E-state index < -0.39 is 19.9 Å². The Bertz CT molecular complexity index is 598. The van der Waals surface area contributed by atoms with E-state index in [1.165, 1.54) is 96.8 Å². The maximum atomic E-state index is 12.0. The van der Waals surface area contributed by atoms with Crippen LogP contribution in [-0.4, -0.2) is 70.7 Å². The van der Waals surface area contributed by atoms with Crippen LogP contribution in [0, 0.1) is 0 Å². The van der Waals surface area contributed by atoms with Crippen LogP contribution < -0.4 is 4.89 Å². The molecule has 2 unspecified atom stereocenters. The Morgan fingerprint density at radius 1 is 0.737 bits per heavy atom. The number of likely N-dealkylation sites (N-methyl/N-ethyl adjacent to an activating group) is 1. The number of quaternary nitrogens is 1. The molecular weight excluding hydrogens is 505 g/mol. The summed E-state index contributed by atoms with van der Waals surface area (Å²) in [5.74, 6) is -0.483. The van der Waals surface area contributed by atoms with Gasteiger partial charge in [0.1, 0.15) is 19.3 Å². The number of phosphoric acid groups is 1. The topological polar surface area (TPSA) is 94.1 Å². The van der Waals surface area contributed by atoms with E-state index in [0.29, 0.717) is 30.7 Å². The van der Waals surface area contributed by atoms with Crippen LogP contribution in [0.25, 0.3) is 0 Å². The van der Waals surface area contributed by atoms with Crippen LogP contribution in [0.5, 0.6) is 0 Å². The first-order valence-corrected chi connectivity index (χ1v) is 16.7. The number of ether oxygens (including phenoxy) is 2. The number of phosphoric ester groups is 1. The first-order valence-electron chi connectivity index (χ1n) is 15.2. The van der Waals surface area contributed by atoms with Crippen molar-refractivity contribution in [1.82, 2.24) is 0 Å². The van der Waals surface area contributed by atoms with Crippen LogP contribution in [0.4, 0.5) is 0 Å². The molecule has 228 valence electrons. The molecule has 0 spiro atoms. The van der Waals surface area contributed by atoms with Crippen molar-refractivity contribution in [2.45, 2.75) is 129 Å². The molecule has 0 aliphatic carbocycles. The summed E-state index contributed by atoms with van der Waals surface area (Å²) in [4.78, 5) is 23.3. The van der Waals surface area contributed by atoms with Crippen molar-refractivity contribution in [3.63, 3.8) is 0 Å². The summed E-state index contributed by atoms with van der Waals surface area (Å²) in [6, 6.07) is 0. The van der Waals surface area contributed by atoms with Gasteiger partial charge in [0.05, 0.1) is 34.4 Å². The minimum Gasteiger partial charge on any atom is -0.756 e. The maximum absolute atomic E-state index is 12.0. The van der Waals surface area contributed by atoms with Gasteiger partial charge in [0.25, 0.3) is 7.82 Å². The van der Waals surface area contributed by atoms with Crippen molar-refractivity contribution in [1.29, 1.82) is 0 Å². The van der Waals surface area contributed by atoms with E-state index in [9.17, 15) is 14.3 Å². The summed E-state index contributed by atoms with van der Waals surface area (Å²) >= 11 is 0. The number of rotatable bonds is 28. The van der Waals surface area contributed by atoms with Crippen molar-refractivity contribution in [3.05, 3.63) is 0 Å². The summed E-state index contributed by atoms with van der Waals surface area (Å²) < 4.78 is 33.2. The Morgan fingerprint density at radius 2 is 1.21 bits per heavy atom. The predicted molar refractivity (Wildman–Crippen MR) is 153 cm³/mol. The molecule has 0 aromatic rings. The summed E-state index contributed by atoms with van der Waals surface area (Å²) in [5, 5.41) is 0. The summed E-state index contributed by atoms with van der Waals surface area (Å²) in [7, 11) is 1.38. The van der Waals surface area contributed by atoms with E-state index >= 15 is 0 Å². The fraction of sp³-hybridized carbons (Fsp3) is 0.966. The number of nitrogens with zero attached hydrogens (tertiary/aromatic N) is 1. The Morgan fingerprint density at radius 3 is 1.66 bits per heavy atom. The molecule has 2 atom stereocenters. The normalized spacial score (nSPS) is 14.4. The van der Waals surface area contributed by atoms with Crippen LogP contribution in [0.2, 0.25) is 0 Å². The number of esters is 1. The van der Waals surface area contributed by atoms with Gasteiger partial charge in [0.15, 0.2) is 0 Å². The SMILES string of the molecule is CCCCCCCCCCCCCCCCCCOCCC(COP(=O)([O-])OCC[N+](C)(C)C)OC(C)=O. The summed E-state index contributed by atoms with van der Waals surface area (Å²) in [5.41, 5.74) is 0. The molecule has 0 bridgehead atoms. The van der Waals surface area contributed by atoms with Gasteiger partial charge in [-0.15, -0.1) is 0 Å². The number of unbranched alkanes of at least 4 members (excludes halogenated alkanes) is 15. The molecule has 0 radical (unpaired) electrons. The van der Waals surface area contributed by atoms with Gasteiger partial charge in [-0.3, -0.25) is 9.36 Å². The standard InChI is InChI=1S/C29H60NO7P/c1-6-7-8-9-10-11-12-13-14-15-16-17-18-19-20-21-24-34-25-22-29(37-28(2)31)27-36-38(32,33)35-26-23-30(3,4)5/h29H,6-27H2,1-5H3. The average Bonchev–Trinajstić information content (AvgIpc) is 2.82. The van der Waals surface area contributed by atoms with Crippen molar-refractivity contribution >= 4 is 13.8 Å². The van der Waals surface area contributed by atoms with Gasteiger partial charge in [0, 0.05) is 20.0 Å². The Labute approximate surface area is 234 Å². The highest BCUT2D eigenvalue weighted by atomic mass is 31.2. The molecule has 0 aliphatic rings. The first kappa shape index (κ1) is 37.5. The van der Waals surface area contributed by atoms with Crippen LogP contribution in [0.3, 0.4) is 0 Å². The molecule has 0 aromatic carbocycles. The Kier molecular flexibility index (Phi) is 24.0. The van der Waals surface area contributed by atoms with E-state index in [4.69, 9.17) is 18.5 Å². The van der Waals surface area contributed by atoms with Gasteiger partial charge in [-0.05, 0) is 6.42 Å². The van der Waals surface area contributed by atoms with E-state index in [-0.39, 0.29) is 13.2 Å². The zero-order valence-corrected chi connectivity index (χ0v) is 26.3. The second-order valence-corrected chi connectivity index (χ2v) is 12.9. The molecule has 8 nitrogen and oxygen atoms in total. The zero-order chi connectivity index (χ0) is 28.5. The maximum Gasteiger partial charge on any atom is 0.302 e. The highest BCUT2D eigenvalue weighted by molar-refractivity contribution is 7.45. The van der Waals surface area contributed by atoms with Crippen molar-refractivity contribution in [3.8, 4) is 0 Å². The van der Waals surface area contributed by atoms with Crippen LogP contribution in [0.1, 0.15) is 123 Å². The van der Waals surface area contributed by atoms with Gasteiger partial charge >= 0.3 is 5.97 Å². The van der Waals surface area contributed by atoms with Gasteiger partial charge in [-0.1, -0.05) is 103 Å². The molecule has 0 saturated heterocycles. The predicted octanol–water partition coefficient (Wildman–Crippen LogP) is 6.79. The highest BCUT2D eigenvalue weighted by Gasteiger charge is 2.18. The van der Waals surface area contributed by atoms with E-state index in [2.05, 4.69) is 6.92 Å². The van der Waals surface area contributed by atoms with Crippen LogP contribution in [0.15, 0.2) is 0 Å². The number of hydrogen-bond donors (Lipinski definition) is 0. The van der Waals surface area contributed by atoms with Crippen molar-refractivity contribution < 1.29 is 37.3 Å². The largest absolute Gasteiger partial charge is 0.756 e. The molecule has 0 N–H and O–H groups in total. The molecule has 38 heavy (non-hydrogen) atoms. The smallest absolute Gasteiger partial charge is 0.302 e. The number of carbonyl (C=O) groups is 1. The number of hydrogen-bond acceptors (Lipinski definition) is 7. The highest BCUT2D eigenvalue weighted by Crippen LogP contribution is 2.38. The van der Waals surface area contributed by atoms with Crippen LogP contribution >= 0.6 is 7.82 Å². The Balaban J connectivity index is 3.68. The monoisotopic (exact) mass is 565 g/mol. The summed E-state index contributed by atoms with van der Waals surface area (Å²) in [6.45, 7) is 4.88. The quantitative estimate of drug-likeness (QED) is 0.0446. The minimum absolute atomic E-state index is 0.0327. The molecule has 0 aromatic heterocycles. The minimum atomic E-state index is -4.45. The molecule has 9 heteroatoms. The van der Waals surface area contributed by atoms with E-state index in [1.54, 1.807) is 0 Å². The average molecular weight is 566 g/mol. The first-order chi connectivity index (χ1) is 18.1. The zero-order valence-electron chi connectivity index (χ0n) is 25.4. The van der Waals surface area contributed by atoms with E-state index in [1.807, 2.05) is 21.1 Å². The number of carbonyl (C=O) groups excluding carboxylic acids is 1. The van der Waals surface area contributed by atoms with Gasteiger partial charge in [0.2, 0.25) is 0 Å². The Hall–Kier alpha value is -0.500. The summed E-state index contributed by atoms with van der Waals surface area (Å²) in [6.07, 6.45) is 21.0. The molecule has 0 saturated carbocycles. The molecule has 0 heterocycles. The second-order valence-electron chi connectivity index (χ2n) is 11.5. The molecule has 0 aliphatic heterocycles. The van der Waals surface area contributed by atoms with Gasteiger partial charge in [-0.2, -0.15) is 0 Å². The fourth-order valence-electron chi connectivity index (χ4n) is 4.12. The molecular formula is C29H60NO7P. The van der Waals surface area contributed by atoms with Crippen LogP contribution in [-0.2, 0) is 27.9 Å². The third-order valence-electron chi connectivity index (χ3n) is 6.49. The lowest BCUT2D eigenvalue weighted by Gasteiger charge is -2.28. The lowest BCUT2D eigenvalue weighted by Crippen LogP contribution is -2.37. The fourth-order valence-corrected chi connectivity index (χ4v) is 4.85. The van der Waals surface area contributed by atoms with Gasteiger partial charge in [-0.25, -0.2) is 0 Å². The van der Waals surface area contributed by atoms with Gasteiger partial charge < -0.3 is 27.9 Å². The van der Waals surface area contributed by atoms with E-state index in [0.717, 1.165) is 12.8 Å². The van der Waals surface area contributed by atoms with Crippen molar-refractivity contribution in [2.75, 3.05) is 54.1 Å². The van der Waals surface area contributed by atoms with Crippen molar-refractivity contribution in [2.24, 2.45) is 0 Å². The third kappa shape index (κ3) is 28.5.